The first-order valence-electron chi connectivity index (χ1n) is 10.4. The maximum Gasteiger partial charge on any atom is 0.416 e. The molecule has 0 radical (unpaired) electrons. The third kappa shape index (κ3) is 5.29. The molecule has 190 valence electrons. The van der Waals surface area contributed by atoms with E-state index in [1.165, 1.54) is 43.3 Å². The second-order valence-corrected chi connectivity index (χ2v) is 8.17. The summed E-state index contributed by atoms with van der Waals surface area (Å²) in [6.07, 6.45) is -8.95. The summed E-state index contributed by atoms with van der Waals surface area (Å²) >= 11 is 5.88. The first-order valence-corrected chi connectivity index (χ1v) is 10.8. The molecule has 0 bridgehead atoms. The van der Waals surface area contributed by atoms with Crippen LogP contribution < -0.4 is 5.69 Å². The van der Waals surface area contributed by atoms with Crippen LogP contribution in [-0.4, -0.2) is 56.6 Å². The summed E-state index contributed by atoms with van der Waals surface area (Å²) in [5, 5.41) is 28.3. The molecule has 0 fully saturated rings. The lowest BCUT2D eigenvalue weighted by Gasteiger charge is -2.15. The molecule has 0 amide bonds. The van der Waals surface area contributed by atoms with E-state index in [1.54, 1.807) is 0 Å². The number of hydrogen-bond donors (Lipinski definition) is 2. The highest BCUT2D eigenvalue weighted by molar-refractivity contribution is 6.30. The summed E-state index contributed by atoms with van der Waals surface area (Å²) in [6.45, 7) is -0.119. The summed E-state index contributed by atoms with van der Waals surface area (Å²) in [7, 11) is 0. The standard InChI is InChI=1S/C21H18ClF4N7O3/c1-11(34)18-28-16(29-33(18)17-4-2-3-15(23)27-17)10-32-20(36)31(9-14(35)21(24,25)26)19(30-32)12-5-7-13(22)8-6-12/h2-8,11,14,34-35H,9-10H2,1H3. The number of aliphatic hydroxyl groups excluding tert-OH is 2. The van der Waals surface area contributed by atoms with Crippen LogP contribution in [-0.2, 0) is 13.1 Å². The summed E-state index contributed by atoms with van der Waals surface area (Å²) in [5.41, 5.74) is -0.696. The average molecular weight is 528 g/mol. The van der Waals surface area contributed by atoms with Crippen molar-refractivity contribution < 1.29 is 27.8 Å². The predicted octanol–water partition coefficient (Wildman–Crippen LogP) is 2.50. The Morgan fingerprint density at radius 1 is 1.06 bits per heavy atom. The van der Waals surface area contributed by atoms with Crippen LogP contribution in [0.4, 0.5) is 17.6 Å². The smallest absolute Gasteiger partial charge is 0.385 e. The van der Waals surface area contributed by atoms with Crippen molar-refractivity contribution in [3.63, 3.8) is 0 Å². The van der Waals surface area contributed by atoms with Crippen LogP contribution in [0.1, 0.15) is 24.7 Å². The highest BCUT2D eigenvalue weighted by Crippen LogP contribution is 2.24. The van der Waals surface area contributed by atoms with Gasteiger partial charge >= 0.3 is 11.9 Å². The second kappa shape index (κ2) is 9.79. The Morgan fingerprint density at radius 3 is 2.36 bits per heavy atom. The van der Waals surface area contributed by atoms with Crippen molar-refractivity contribution in [2.24, 2.45) is 0 Å². The molecular weight excluding hydrogens is 510 g/mol. The number of nitrogens with zero attached hydrogens (tertiary/aromatic N) is 7. The molecule has 0 saturated heterocycles. The van der Waals surface area contributed by atoms with E-state index >= 15 is 0 Å². The van der Waals surface area contributed by atoms with Gasteiger partial charge in [-0.05, 0) is 43.3 Å². The normalized spacial score (nSPS) is 13.7. The second-order valence-electron chi connectivity index (χ2n) is 7.73. The Labute approximate surface area is 205 Å². The molecular formula is C21H18ClF4N7O3. The van der Waals surface area contributed by atoms with Crippen molar-refractivity contribution >= 4 is 11.6 Å². The quantitative estimate of drug-likeness (QED) is 0.279. The van der Waals surface area contributed by atoms with Gasteiger partial charge in [-0.25, -0.2) is 19.4 Å². The molecule has 2 unspecified atom stereocenters. The molecule has 0 aliphatic rings. The van der Waals surface area contributed by atoms with Gasteiger partial charge in [-0.2, -0.15) is 22.2 Å². The molecule has 0 aliphatic heterocycles. The minimum Gasteiger partial charge on any atom is -0.385 e. The molecule has 2 atom stereocenters. The highest BCUT2D eigenvalue weighted by atomic mass is 35.5. The molecule has 0 saturated carbocycles. The van der Waals surface area contributed by atoms with Gasteiger partial charge in [-0.15, -0.1) is 10.2 Å². The Hall–Kier alpha value is -3.62. The van der Waals surface area contributed by atoms with E-state index in [4.69, 9.17) is 11.6 Å². The lowest BCUT2D eigenvalue weighted by atomic mass is 10.2. The third-order valence-corrected chi connectivity index (χ3v) is 5.27. The minimum atomic E-state index is -4.97. The van der Waals surface area contributed by atoms with Crippen LogP contribution >= 0.6 is 11.6 Å². The summed E-state index contributed by atoms with van der Waals surface area (Å²) in [4.78, 5) is 20.9. The molecule has 0 spiro atoms. The van der Waals surface area contributed by atoms with Gasteiger partial charge in [0.25, 0.3) is 0 Å². The fourth-order valence-electron chi connectivity index (χ4n) is 3.32. The molecule has 36 heavy (non-hydrogen) atoms. The van der Waals surface area contributed by atoms with E-state index in [9.17, 15) is 32.6 Å². The van der Waals surface area contributed by atoms with Crippen molar-refractivity contribution in [1.82, 2.24) is 34.1 Å². The van der Waals surface area contributed by atoms with Crippen LogP contribution in [0.15, 0.2) is 47.3 Å². The Bertz CT molecular complexity index is 1430. The van der Waals surface area contributed by atoms with Gasteiger partial charge in [0.05, 0.1) is 6.54 Å². The first-order chi connectivity index (χ1) is 16.9. The van der Waals surface area contributed by atoms with Crippen molar-refractivity contribution in [3.8, 4) is 17.2 Å². The number of halogens is 5. The van der Waals surface area contributed by atoms with E-state index < -0.39 is 43.1 Å². The average Bonchev–Trinajstić information content (AvgIpc) is 3.36. The number of alkyl halides is 3. The van der Waals surface area contributed by atoms with E-state index in [1.807, 2.05) is 0 Å². The van der Waals surface area contributed by atoms with Crippen LogP contribution in [0.5, 0.6) is 0 Å². The van der Waals surface area contributed by atoms with Gasteiger partial charge in [0.2, 0.25) is 5.95 Å². The Balaban J connectivity index is 1.77. The lowest BCUT2D eigenvalue weighted by Crippen LogP contribution is -2.37. The fraction of sp³-hybridized carbons (Fsp3) is 0.286. The van der Waals surface area contributed by atoms with Crippen molar-refractivity contribution in [3.05, 3.63) is 75.6 Å². The zero-order valence-electron chi connectivity index (χ0n) is 18.4. The third-order valence-electron chi connectivity index (χ3n) is 5.02. The molecule has 2 N–H and O–H groups in total. The van der Waals surface area contributed by atoms with Gasteiger partial charge in [-0.3, -0.25) is 4.57 Å². The molecule has 4 aromatic rings. The Kier molecular flexibility index (Phi) is 6.93. The van der Waals surface area contributed by atoms with Gasteiger partial charge in [-0.1, -0.05) is 17.7 Å². The molecule has 3 heterocycles. The van der Waals surface area contributed by atoms with E-state index in [2.05, 4.69) is 20.2 Å². The van der Waals surface area contributed by atoms with E-state index in [0.29, 0.717) is 9.59 Å². The van der Waals surface area contributed by atoms with Crippen LogP contribution in [0.25, 0.3) is 17.2 Å². The van der Waals surface area contributed by atoms with E-state index in [0.717, 1.165) is 15.4 Å². The SMILES string of the molecule is CC(O)c1nc(Cn2nc(-c3ccc(Cl)cc3)n(CC(O)C(F)(F)F)c2=O)nn1-c1cccc(F)n1. The maximum absolute atomic E-state index is 13.6. The van der Waals surface area contributed by atoms with E-state index in [-0.39, 0.29) is 28.9 Å². The van der Waals surface area contributed by atoms with Crippen molar-refractivity contribution in [2.75, 3.05) is 0 Å². The molecule has 15 heteroatoms. The van der Waals surface area contributed by atoms with Crippen LogP contribution in [0, 0.1) is 5.95 Å². The summed E-state index contributed by atoms with van der Waals surface area (Å²) < 4.78 is 55.3. The monoisotopic (exact) mass is 527 g/mol. The zero-order valence-corrected chi connectivity index (χ0v) is 19.2. The minimum absolute atomic E-state index is 0.0117. The molecule has 3 aromatic heterocycles. The largest absolute Gasteiger partial charge is 0.416 e. The predicted molar refractivity (Wildman–Crippen MR) is 118 cm³/mol. The fourth-order valence-corrected chi connectivity index (χ4v) is 3.45. The number of aromatic nitrogens is 7. The number of pyridine rings is 1. The number of aliphatic hydroxyl groups is 2. The molecule has 10 nitrogen and oxygen atoms in total. The first kappa shape index (κ1) is 25.5. The molecule has 0 aliphatic carbocycles. The molecule has 4 rings (SSSR count). The summed E-state index contributed by atoms with van der Waals surface area (Å²) in [6, 6.07) is 9.76. The molecule has 1 aromatic carbocycles. The van der Waals surface area contributed by atoms with Crippen molar-refractivity contribution in [2.45, 2.75) is 38.4 Å². The maximum atomic E-state index is 13.6. The van der Waals surface area contributed by atoms with Gasteiger partial charge in [0.1, 0.15) is 12.6 Å². The number of benzene rings is 1. The van der Waals surface area contributed by atoms with Gasteiger partial charge < -0.3 is 10.2 Å². The lowest BCUT2D eigenvalue weighted by molar-refractivity contribution is -0.207. The summed E-state index contributed by atoms with van der Waals surface area (Å²) in [5.74, 6) is -1.00. The topological polar surface area (TPSA) is 124 Å². The zero-order chi connectivity index (χ0) is 26.2. The van der Waals surface area contributed by atoms with Gasteiger partial charge in [0, 0.05) is 10.6 Å². The Morgan fingerprint density at radius 2 is 1.75 bits per heavy atom. The van der Waals surface area contributed by atoms with Crippen LogP contribution in [0.3, 0.4) is 0 Å². The number of hydrogen-bond acceptors (Lipinski definition) is 7. The highest BCUT2D eigenvalue weighted by Gasteiger charge is 2.39. The van der Waals surface area contributed by atoms with Crippen LogP contribution in [0.2, 0.25) is 5.02 Å². The van der Waals surface area contributed by atoms with Crippen molar-refractivity contribution in [1.29, 1.82) is 0 Å². The van der Waals surface area contributed by atoms with Gasteiger partial charge in [0.15, 0.2) is 29.4 Å². The number of rotatable bonds is 7.